The van der Waals surface area contributed by atoms with Crippen molar-refractivity contribution in [2.24, 2.45) is 4.99 Å². The third-order valence-corrected chi connectivity index (χ3v) is 2.64. The Morgan fingerprint density at radius 3 is 2.50 bits per heavy atom. The molecular weight excluding hydrogens is 222 g/mol. The maximum Gasteiger partial charge on any atom is 0.0807 e. The normalized spacial score (nSPS) is 10.8. The van der Waals surface area contributed by atoms with Crippen molar-refractivity contribution in [3.05, 3.63) is 59.9 Å². The SMILES string of the molecule is CN(C)c1ccc(CN=Cc2ccccn2)cc1. The van der Waals surface area contributed by atoms with Gasteiger partial charge in [0, 0.05) is 32.2 Å². The Hall–Kier alpha value is -2.16. The summed E-state index contributed by atoms with van der Waals surface area (Å²) in [7, 11) is 4.07. The van der Waals surface area contributed by atoms with Crippen molar-refractivity contribution in [3.8, 4) is 0 Å². The van der Waals surface area contributed by atoms with Crippen LogP contribution in [0.3, 0.4) is 0 Å². The van der Waals surface area contributed by atoms with Crippen LogP contribution in [0.2, 0.25) is 0 Å². The lowest BCUT2D eigenvalue weighted by molar-refractivity contribution is 1.06. The average molecular weight is 239 g/mol. The van der Waals surface area contributed by atoms with Crippen LogP contribution in [0.5, 0.6) is 0 Å². The summed E-state index contributed by atoms with van der Waals surface area (Å²) in [4.78, 5) is 10.7. The molecule has 0 saturated carbocycles. The quantitative estimate of drug-likeness (QED) is 0.767. The third kappa shape index (κ3) is 3.42. The van der Waals surface area contributed by atoms with Crippen LogP contribution < -0.4 is 4.90 Å². The molecule has 2 aromatic rings. The van der Waals surface area contributed by atoms with E-state index in [2.05, 4.69) is 39.1 Å². The van der Waals surface area contributed by atoms with Gasteiger partial charge < -0.3 is 4.90 Å². The first-order valence-corrected chi connectivity index (χ1v) is 5.93. The van der Waals surface area contributed by atoms with E-state index in [0.717, 1.165) is 5.69 Å². The Morgan fingerprint density at radius 2 is 1.89 bits per heavy atom. The van der Waals surface area contributed by atoms with Crippen LogP contribution in [0, 0.1) is 0 Å². The second-order valence-corrected chi connectivity index (χ2v) is 4.29. The van der Waals surface area contributed by atoms with Gasteiger partial charge in [-0.1, -0.05) is 18.2 Å². The number of benzene rings is 1. The maximum absolute atomic E-state index is 4.39. The fourth-order valence-electron chi connectivity index (χ4n) is 1.60. The highest BCUT2D eigenvalue weighted by atomic mass is 15.1. The van der Waals surface area contributed by atoms with Gasteiger partial charge >= 0.3 is 0 Å². The molecule has 0 N–H and O–H groups in total. The monoisotopic (exact) mass is 239 g/mol. The molecule has 0 aliphatic rings. The Kier molecular flexibility index (Phi) is 4.07. The van der Waals surface area contributed by atoms with E-state index in [4.69, 9.17) is 0 Å². The molecule has 0 unspecified atom stereocenters. The zero-order valence-corrected chi connectivity index (χ0v) is 10.7. The van der Waals surface area contributed by atoms with E-state index in [1.165, 1.54) is 11.3 Å². The van der Waals surface area contributed by atoms with Crippen molar-refractivity contribution in [2.45, 2.75) is 6.54 Å². The Morgan fingerprint density at radius 1 is 1.11 bits per heavy atom. The predicted octanol–water partition coefficient (Wildman–Crippen LogP) is 2.77. The van der Waals surface area contributed by atoms with Gasteiger partial charge in [0.25, 0.3) is 0 Å². The van der Waals surface area contributed by atoms with Gasteiger partial charge in [-0.2, -0.15) is 0 Å². The standard InChI is InChI=1S/C15H17N3/c1-18(2)15-8-6-13(7-9-15)11-16-12-14-5-3-4-10-17-14/h3-10,12H,11H2,1-2H3. The molecule has 0 radical (unpaired) electrons. The molecule has 18 heavy (non-hydrogen) atoms. The van der Waals surface area contributed by atoms with Gasteiger partial charge in [-0.3, -0.25) is 9.98 Å². The number of rotatable bonds is 4. The minimum absolute atomic E-state index is 0.685. The van der Waals surface area contributed by atoms with E-state index in [0.29, 0.717) is 6.54 Å². The maximum atomic E-state index is 4.39. The third-order valence-electron chi connectivity index (χ3n) is 2.64. The first kappa shape index (κ1) is 12.3. The van der Waals surface area contributed by atoms with Crippen molar-refractivity contribution < 1.29 is 0 Å². The largest absolute Gasteiger partial charge is 0.378 e. The van der Waals surface area contributed by atoms with Crippen molar-refractivity contribution in [1.82, 2.24) is 4.98 Å². The van der Waals surface area contributed by atoms with Crippen LogP contribution in [0.25, 0.3) is 0 Å². The summed E-state index contributed by atoms with van der Waals surface area (Å²) in [5.41, 5.74) is 3.29. The summed E-state index contributed by atoms with van der Waals surface area (Å²) in [6.07, 6.45) is 3.58. The highest BCUT2D eigenvalue weighted by Crippen LogP contribution is 2.12. The summed E-state index contributed by atoms with van der Waals surface area (Å²) in [6, 6.07) is 14.2. The van der Waals surface area contributed by atoms with Crippen molar-refractivity contribution in [3.63, 3.8) is 0 Å². The summed E-state index contributed by atoms with van der Waals surface area (Å²) < 4.78 is 0. The number of anilines is 1. The average Bonchev–Trinajstić information content (AvgIpc) is 2.40. The second kappa shape index (κ2) is 5.96. The lowest BCUT2D eigenvalue weighted by atomic mass is 10.2. The second-order valence-electron chi connectivity index (χ2n) is 4.29. The molecule has 0 aliphatic heterocycles. The van der Waals surface area contributed by atoms with Gasteiger partial charge in [0.2, 0.25) is 0 Å². The Bertz CT molecular complexity index is 501. The number of aromatic nitrogens is 1. The summed E-state index contributed by atoms with van der Waals surface area (Å²) in [6.45, 7) is 0.685. The number of hydrogen-bond acceptors (Lipinski definition) is 3. The molecule has 0 fully saturated rings. The highest BCUT2D eigenvalue weighted by Gasteiger charge is 1.95. The van der Waals surface area contributed by atoms with Crippen LogP contribution in [0.15, 0.2) is 53.7 Å². The first-order valence-electron chi connectivity index (χ1n) is 5.93. The highest BCUT2D eigenvalue weighted by molar-refractivity contribution is 5.76. The molecule has 1 aromatic heterocycles. The lowest BCUT2D eigenvalue weighted by Crippen LogP contribution is -2.08. The predicted molar refractivity (Wildman–Crippen MR) is 76.3 cm³/mol. The number of aliphatic imine (C=N–C) groups is 1. The molecule has 0 bridgehead atoms. The molecule has 0 spiro atoms. The molecular formula is C15H17N3. The van der Waals surface area contributed by atoms with Crippen LogP contribution in [0.4, 0.5) is 5.69 Å². The Labute approximate surface area is 108 Å². The number of pyridine rings is 1. The summed E-state index contributed by atoms with van der Waals surface area (Å²) in [5, 5.41) is 0. The molecule has 2 rings (SSSR count). The molecule has 1 aromatic carbocycles. The van der Waals surface area contributed by atoms with E-state index in [9.17, 15) is 0 Å². The lowest BCUT2D eigenvalue weighted by Gasteiger charge is -2.12. The minimum Gasteiger partial charge on any atom is -0.378 e. The van der Waals surface area contributed by atoms with E-state index in [1.54, 1.807) is 12.4 Å². The summed E-state index contributed by atoms with van der Waals surface area (Å²) >= 11 is 0. The molecule has 92 valence electrons. The van der Waals surface area contributed by atoms with Crippen LogP contribution in [-0.2, 0) is 6.54 Å². The van der Waals surface area contributed by atoms with Crippen molar-refractivity contribution >= 4 is 11.9 Å². The van der Waals surface area contributed by atoms with Crippen LogP contribution in [-0.4, -0.2) is 25.3 Å². The van der Waals surface area contributed by atoms with Gasteiger partial charge in [0.05, 0.1) is 12.2 Å². The van der Waals surface area contributed by atoms with E-state index < -0.39 is 0 Å². The van der Waals surface area contributed by atoms with Gasteiger partial charge in [-0.15, -0.1) is 0 Å². The smallest absolute Gasteiger partial charge is 0.0807 e. The molecule has 1 heterocycles. The van der Waals surface area contributed by atoms with Gasteiger partial charge in [-0.05, 0) is 29.8 Å². The van der Waals surface area contributed by atoms with Crippen LogP contribution >= 0.6 is 0 Å². The van der Waals surface area contributed by atoms with Gasteiger partial charge in [0.15, 0.2) is 0 Å². The van der Waals surface area contributed by atoms with E-state index >= 15 is 0 Å². The van der Waals surface area contributed by atoms with Gasteiger partial charge in [-0.25, -0.2) is 0 Å². The Balaban J connectivity index is 1.96. The van der Waals surface area contributed by atoms with Crippen molar-refractivity contribution in [2.75, 3.05) is 19.0 Å². The molecule has 0 amide bonds. The molecule has 0 aliphatic carbocycles. The molecule has 3 nitrogen and oxygen atoms in total. The zero-order valence-electron chi connectivity index (χ0n) is 10.7. The van der Waals surface area contributed by atoms with E-state index in [-0.39, 0.29) is 0 Å². The van der Waals surface area contributed by atoms with Crippen LogP contribution in [0.1, 0.15) is 11.3 Å². The fourth-order valence-corrected chi connectivity index (χ4v) is 1.60. The zero-order chi connectivity index (χ0) is 12.8. The van der Waals surface area contributed by atoms with Gasteiger partial charge in [0.1, 0.15) is 0 Å². The molecule has 0 saturated heterocycles. The van der Waals surface area contributed by atoms with E-state index in [1.807, 2.05) is 32.3 Å². The number of nitrogens with zero attached hydrogens (tertiary/aromatic N) is 3. The molecule has 0 atom stereocenters. The van der Waals surface area contributed by atoms with Crippen molar-refractivity contribution in [1.29, 1.82) is 0 Å². The fraction of sp³-hybridized carbons (Fsp3) is 0.200. The molecule has 3 heteroatoms. The number of hydrogen-bond donors (Lipinski definition) is 0. The minimum atomic E-state index is 0.685. The summed E-state index contributed by atoms with van der Waals surface area (Å²) in [5.74, 6) is 0. The topological polar surface area (TPSA) is 28.5 Å². The first-order chi connectivity index (χ1) is 8.75.